The van der Waals surface area contributed by atoms with Gasteiger partial charge >= 0.3 is 0 Å². The molecule has 50 heavy (non-hydrogen) atoms. The lowest BCUT2D eigenvalue weighted by Gasteiger charge is -2.09. The molecule has 0 radical (unpaired) electrons. The number of nitrogens with one attached hydrogen (secondary N) is 4. The zero-order chi connectivity index (χ0) is 34.8. The van der Waals surface area contributed by atoms with Gasteiger partial charge in [-0.2, -0.15) is 9.97 Å². The number of H-pyrrole nitrogens is 2. The molecule has 16 heteroatoms. The van der Waals surface area contributed by atoms with Gasteiger partial charge in [-0.1, -0.05) is 60.7 Å². The van der Waals surface area contributed by atoms with Crippen LogP contribution in [0, 0.1) is 0 Å². The number of aromatic amines is 2. The van der Waals surface area contributed by atoms with Gasteiger partial charge < -0.3 is 30.8 Å². The number of carbonyl (C=O) groups excluding carboxylic acids is 2. The maximum Gasteiger partial charge on any atom is 0.255 e. The van der Waals surface area contributed by atoms with Gasteiger partial charge in [0, 0.05) is 11.1 Å². The molecule has 7 rings (SSSR count). The molecule has 0 spiro atoms. The molecule has 0 saturated carbocycles. The van der Waals surface area contributed by atoms with Crippen LogP contribution < -0.4 is 10.6 Å². The van der Waals surface area contributed by atoms with Crippen molar-refractivity contribution in [2.75, 3.05) is 0 Å². The number of nitrogens with zero attached hydrogens (tertiary/aromatic N) is 6. The van der Waals surface area contributed by atoms with E-state index >= 15 is 0 Å². The Morgan fingerprint density at radius 2 is 0.940 bits per heavy atom. The number of rotatable bonds is 8. The van der Waals surface area contributed by atoms with Crippen LogP contribution in [0.2, 0.25) is 0 Å². The fraction of sp³-hybridized carbons (Fsp3) is 0. The van der Waals surface area contributed by atoms with E-state index in [9.17, 15) is 19.8 Å². The topological polar surface area (TPSA) is 208 Å². The number of imidazole rings is 2. The first-order chi connectivity index (χ1) is 24.2. The molecular formula is C34H24N10O4S2. The summed E-state index contributed by atoms with van der Waals surface area (Å²) in [5, 5.41) is 26.5. The maximum atomic E-state index is 13.2. The minimum Gasteiger partial charge on any atom is -0.492 e. The van der Waals surface area contributed by atoms with Crippen molar-refractivity contribution in [3.63, 3.8) is 0 Å². The molecule has 0 aliphatic heterocycles. The number of carbonyl (C=O) groups is 2. The van der Waals surface area contributed by atoms with Gasteiger partial charge in [0.1, 0.15) is 0 Å². The number of amides is 2. The Balaban J connectivity index is 1.25. The standard InChI is InChI=1S/C34H24N10O4S2/c45-29(19-7-3-1-4-8-19)35-21(25-37-23-27(39-25)41-33(49)43-31(23)47)15-17-11-13-18(14-12-17)16-22(36-30(46)20-9-5-2-6-10-20)26-38-24-28(40-26)42-34(50)44-32(24)48/h1-16H,(H,35,45)(H,36,46)(H3,37,39,41,43,47,49)(H3,38,40,42,44,48,50)/b21-15-,22-16+. The zero-order valence-corrected chi connectivity index (χ0v) is 27.3. The molecule has 3 aromatic carbocycles. The summed E-state index contributed by atoms with van der Waals surface area (Å²) in [7, 11) is 0. The van der Waals surface area contributed by atoms with Gasteiger partial charge in [0.2, 0.25) is 11.8 Å². The van der Waals surface area contributed by atoms with E-state index in [-0.39, 0.29) is 67.9 Å². The fourth-order valence-corrected chi connectivity index (χ4v) is 5.31. The third-order valence-corrected chi connectivity index (χ3v) is 7.67. The van der Waals surface area contributed by atoms with Crippen molar-refractivity contribution in [1.82, 2.24) is 50.5 Å². The summed E-state index contributed by atoms with van der Waals surface area (Å²) in [6, 6.07) is 24.5. The lowest BCUT2D eigenvalue weighted by atomic mass is 10.1. The summed E-state index contributed by atoms with van der Waals surface area (Å²) in [6.07, 6.45) is 3.40. The highest BCUT2D eigenvalue weighted by Gasteiger charge is 2.19. The van der Waals surface area contributed by atoms with E-state index in [2.05, 4.69) is 75.8 Å². The van der Waals surface area contributed by atoms with Crippen molar-refractivity contribution in [3.05, 3.63) is 119 Å². The lowest BCUT2D eigenvalue weighted by Crippen LogP contribution is -2.22. The highest BCUT2D eigenvalue weighted by atomic mass is 32.1. The van der Waals surface area contributed by atoms with E-state index in [1.54, 1.807) is 84.9 Å². The Morgan fingerprint density at radius 3 is 1.32 bits per heavy atom. The monoisotopic (exact) mass is 700 g/mol. The summed E-state index contributed by atoms with van der Waals surface area (Å²) in [6.45, 7) is 0. The van der Waals surface area contributed by atoms with Gasteiger partial charge in [-0.05, 0) is 47.5 Å². The van der Waals surface area contributed by atoms with Crippen LogP contribution in [-0.4, -0.2) is 61.9 Å². The molecule has 0 saturated heterocycles. The molecule has 6 N–H and O–H groups in total. The number of hydrogen-bond donors (Lipinski definition) is 8. The lowest BCUT2D eigenvalue weighted by molar-refractivity contribution is 0.0965. The largest absolute Gasteiger partial charge is 0.492 e. The minimum atomic E-state index is -0.382. The molecule has 0 aliphatic carbocycles. The Labute approximate surface area is 293 Å². The molecule has 4 heterocycles. The maximum absolute atomic E-state index is 13.2. The number of benzene rings is 3. The Morgan fingerprint density at radius 1 is 0.560 bits per heavy atom. The zero-order valence-electron chi connectivity index (χ0n) is 25.5. The van der Waals surface area contributed by atoms with Crippen LogP contribution >= 0.6 is 25.3 Å². The van der Waals surface area contributed by atoms with Crippen LogP contribution in [-0.2, 0) is 0 Å². The number of fused-ring (bicyclic) bond motifs is 2. The predicted molar refractivity (Wildman–Crippen MR) is 191 cm³/mol. The molecule has 14 nitrogen and oxygen atoms in total. The molecule has 0 aliphatic rings. The second-order valence-electron chi connectivity index (χ2n) is 10.7. The van der Waals surface area contributed by atoms with Gasteiger partial charge in [-0.15, -0.1) is 25.3 Å². The predicted octanol–water partition coefficient (Wildman–Crippen LogP) is 4.86. The van der Waals surface area contributed by atoms with Crippen molar-refractivity contribution in [2.45, 2.75) is 10.3 Å². The SMILES string of the molecule is O=C(N/C(=C\c1ccc(/C=C(/NC(=O)c2ccccc2)c2nc3c(O)nc(S)nc3[nH]2)cc1)c1nc2c(O)nc(S)nc2[nH]1)c1ccccc1. The number of aromatic nitrogens is 8. The quantitative estimate of drug-likeness (QED) is 0.0798. The molecule has 0 fully saturated rings. The van der Waals surface area contributed by atoms with Crippen LogP contribution in [0.25, 0.3) is 45.9 Å². The van der Waals surface area contributed by atoms with Gasteiger partial charge in [0.25, 0.3) is 11.8 Å². The van der Waals surface area contributed by atoms with Crippen LogP contribution in [0.1, 0.15) is 43.5 Å². The molecular weight excluding hydrogens is 677 g/mol. The Bertz CT molecular complexity index is 2290. The average Bonchev–Trinajstić information content (AvgIpc) is 3.74. The van der Waals surface area contributed by atoms with Crippen LogP contribution in [0.4, 0.5) is 0 Å². The average molecular weight is 701 g/mol. The van der Waals surface area contributed by atoms with Crippen LogP contribution in [0.3, 0.4) is 0 Å². The first-order valence-corrected chi connectivity index (χ1v) is 15.7. The Hall–Kier alpha value is -6.52. The van der Waals surface area contributed by atoms with Crippen molar-refractivity contribution in [1.29, 1.82) is 0 Å². The van der Waals surface area contributed by atoms with E-state index in [1.165, 1.54) is 0 Å². The highest BCUT2D eigenvalue weighted by molar-refractivity contribution is 7.80. The normalized spacial score (nSPS) is 12.0. The summed E-state index contributed by atoms with van der Waals surface area (Å²) >= 11 is 8.24. The van der Waals surface area contributed by atoms with E-state index in [4.69, 9.17) is 0 Å². The molecule has 246 valence electrons. The molecule has 4 aromatic heterocycles. The summed E-state index contributed by atoms with van der Waals surface area (Å²) in [4.78, 5) is 57.3. The number of hydrogen-bond acceptors (Lipinski definition) is 12. The van der Waals surface area contributed by atoms with Crippen molar-refractivity contribution >= 4 is 82.9 Å². The van der Waals surface area contributed by atoms with Crippen LogP contribution in [0.5, 0.6) is 11.8 Å². The van der Waals surface area contributed by atoms with E-state index in [1.807, 2.05) is 12.1 Å². The summed E-state index contributed by atoms with van der Waals surface area (Å²) in [5.41, 5.74) is 3.49. The van der Waals surface area contributed by atoms with Crippen LogP contribution in [0.15, 0.2) is 95.2 Å². The molecule has 7 aromatic rings. The summed E-state index contributed by atoms with van der Waals surface area (Å²) in [5.74, 6) is -1.04. The molecule has 2 amide bonds. The van der Waals surface area contributed by atoms with Gasteiger partial charge in [-0.25, -0.2) is 19.9 Å². The third-order valence-electron chi connectivity index (χ3n) is 7.27. The molecule has 0 bridgehead atoms. The highest BCUT2D eigenvalue weighted by Crippen LogP contribution is 2.26. The second kappa shape index (κ2) is 13.5. The molecule has 0 atom stereocenters. The summed E-state index contributed by atoms with van der Waals surface area (Å²) < 4.78 is 0. The van der Waals surface area contributed by atoms with Crippen molar-refractivity contribution < 1.29 is 19.8 Å². The first kappa shape index (κ1) is 32.0. The fourth-order valence-electron chi connectivity index (χ4n) is 4.92. The van der Waals surface area contributed by atoms with E-state index in [0.29, 0.717) is 33.6 Å². The van der Waals surface area contributed by atoms with Crippen molar-refractivity contribution in [2.24, 2.45) is 0 Å². The van der Waals surface area contributed by atoms with E-state index < -0.39 is 0 Å². The van der Waals surface area contributed by atoms with Gasteiger partial charge in [-0.3, -0.25) is 9.59 Å². The second-order valence-corrected chi connectivity index (χ2v) is 11.5. The smallest absolute Gasteiger partial charge is 0.255 e. The Kier molecular flexibility index (Phi) is 8.68. The first-order valence-electron chi connectivity index (χ1n) is 14.8. The number of thiol groups is 2. The third kappa shape index (κ3) is 6.87. The van der Waals surface area contributed by atoms with E-state index in [0.717, 1.165) is 0 Å². The van der Waals surface area contributed by atoms with Crippen molar-refractivity contribution in [3.8, 4) is 11.8 Å². The van der Waals surface area contributed by atoms with Gasteiger partial charge in [0.15, 0.2) is 44.3 Å². The minimum absolute atomic E-state index is 0.0471. The van der Waals surface area contributed by atoms with Gasteiger partial charge in [0.05, 0.1) is 11.4 Å². The number of aromatic hydroxyl groups is 2. The molecule has 0 unspecified atom stereocenters.